The zero-order valence-electron chi connectivity index (χ0n) is 16.5. The number of carbonyl (C=O) groups is 2. The summed E-state index contributed by atoms with van der Waals surface area (Å²) >= 11 is 3.38. The maximum Gasteiger partial charge on any atom is 0.329 e. The van der Waals surface area contributed by atoms with Crippen molar-refractivity contribution >= 4 is 39.2 Å². The Hall–Kier alpha value is -2.58. The van der Waals surface area contributed by atoms with Crippen molar-refractivity contribution < 1.29 is 19.4 Å². The van der Waals surface area contributed by atoms with E-state index in [0.29, 0.717) is 34.6 Å². The molecule has 2 aromatic carbocycles. The van der Waals surface area contributed by atoms with Gasteiger partial charge in [0, 0.05) is 21.8 Å². The number of fused-ring (bicyclic) bond motifs is 1. The molecule has 0 radical (unpaired) electrons. The first-order chi connectivity index (χ1) is 13.8. The lowest BCUT2D eigenvalue weighted by molar-refractivity contribution is -0.140. The average Bonchev–Trinajstić information content (AvgIpc) is 2.70. The summed E-state index contributed by atoms with van der Waals surface area (Å²) in [6.45, 7) is 6.15. The lowest BCUT2D eigenvalue weighted by atomic mass is 9.94. The number of urea groups is 1. The fourth-order valence-electron chi connectivity index (χ4n) is 3.16. The van der Waals surface area contributed by atoms with Gasteiger partial charge in [-0.3, -0.25) is 9.69 Å². The second kappa shape index (κ2) is 8.42. The van der Waals surface area contributed by atoms with Crippen LogP contribution in [-0.2, 0) is 10.5 Å². The van der Waals surface area contributed by atoms with Gasteiger partial charge in [-0.25, -0.2) is 4.79 Å². The number of ether oxygens (including phenoxy) is 1. The summed E-state index contributed by atoms with van der Waals surface area (Å²) in [5.74, 6) is -0.0423. The molecular weight excluding hydrogens is 438 g/mol. The number of rotatable bonds is 6. The van der Waals surface area contributed by atoms with E-state index in [1.807, 2.05) is 20.8 Å². The van der Waals surface area contributed by atoms with Crippen LogP contribution in [0.25, 0.3) is 0 Å². The van der Waals surface area contributed by atoms with Crippen molar-refractivity contribution in [2.24, 2.45) is 0 Å². The monoisotopic (exact) mass is 461 g/mol. The van der Waals surface area contributed by atoms with Crippen LogP contribution in [-0.4, -0.2) is 29.7 Å². The molecule has 3 N–H and O–H groups in total. The molecule has 0 saturated heterocycles. The first-order valence-corrected chi connectivity index (χ1v) is 10.3. The van der Waals surface area contributed by atoms with Crippen molar-refractivity contribution in [2.45, 2.75) is 39.0 Å². The van der Waals surface area contributed by atoms with Crippen LogP contribution < -0.4 is 20.3 Å². The number of nitrogens with one attached hydrogen (secondary N) is 2. The number of halogens is 1. The second-order valence-electron chi connectivity index (χ2n) is 6.84. The van der Waals surface area contributed by atoms with Crippen LogP contribution in [0.15, 0.2) is 46.9 Å². The van der Waals surface area contributed by atoms with Gasteiger partial charge in [0.15, 0.2) is 0 Å². The molecule has 8 heteroatoms. The topological polar surface area (TPSA) is 90.9 Å². The molecule has 0 unspecified atom stereocenters. The quantitative estimate of drug-likeness (QED) is 0.606. The van der Waals surface area contributed by atoms with E-state index in [1.54, 1.807) is 42.5 Å². The van der Waals surface area contributed by atoms with E-state index in [4.69, 9.17) is 4.74 Å². The molecule has 1 aliphatic heterocycles. The number of hydrogen-bond acceptors (Lipinski definition) is 4. The molecular formula is C21H24BrN3O4. The highest BCUT2D eigenvalue weighted by Crippen LogP contribution is 2.41. The van der Waals surface area contributed by atoms with Gasteiger partial charge in [-0.05, 0) is 62.7 Å². The molecule has 2 atom stereocenters. The Morgan fingerprint density at radius 2 is 1.97 bits per heavy atom. The summed E-state index contributed by atoms with van der Waals surface area (Å²) < 4.78 is 6.12. The Kier molecular flexibility index (Phi) is 6.14. The third-order valence-electron chi connectivity index (χ3n) is 4.84. The van der Waals surface area contributed by atoms with Crippen LogP contribution in [0.1, 0.15) is 32.8 Å². The van der Waals surface area contributed by atoms with Crippen molar-refractivity contribution in [2.75, 3.05) is 16.8 Å². The first kappa shape index (κ1) is 21.1. The highest BCUT2D eigenvalue weighted by molar-refractivity contribution is 9.10. The van der Waals surface area contributed by atoms with Crippen molar-refractivity contribution in [3.8, 4) is 5.75 Å². The molecule has 29 heavy (non-hydrogen) atoms. The zero-order valence-corrected chi connectivity index (χ0v) is 18.1. The molecule has 0 spiro atoms. The highest BCUT2D eigenvalue weighted by Gasteiger charge is 2.52. The molecule has 0 saturated carbocycles. The Bertz CT molecular complexity index is 919. The van der Waals surface area contributed by atoms with Crippen molar-refractivity contribution in [1.82, 2.24) is 5.32 Å². The van der Waals surface area contributed by atoms with Crippen LogP contribution in [0, 0.1) is 0 Å². The fourth-order valence-corrected chi connectivity index (χ4v) is 3.53. The van der Waals surface area contributed by atoms with Crippen LogP contribution >= 0.6 is 15.9 Å². The molecule has 0 fully saturated rings. The summed E-state index contributed by atoms with van der Waals surface area (Å²) in [6, 6.07) is 10.9. The average molecular weight is 462 g/mol. The van der Waals surface area contributed by atoms with E-state index in [2.05, 4.69) is 26.6 Å². The van der Waals surface area contributed by atoms with Crippen LogP contribution in [0.2, 0.25) is 0 Å². The number of carbonyl (C=O) groups excluding carboxylic acids is 2. The van der Waals surface area contributed by atoms with Crippen molar-refractivity contribution in [1.29, 1.82) is 0 Å². The Morgan fingerprint density at radius 3 is 2.59 bits per heavy atom. The third kappa shape index (κ3) is 3.95. The minimum Gasteiger partial charge on any atom is -0.494 e. The number of amides is 3. The Labute approximate surface area is 178 Å². The smallest absolute Gasteiger partial charge is 0.329 e. The van der Waals surface area contributed by atoms with Gasteiger partial charge in [-0.2, -0.15) is 0 Å². The van der Waals surface area contributed by atoms with Gasteiger partial charge in [0.1, 0.15) is 5.75 Å². The lowest BCUT2D eigenvalue weighted by Gasteiger charge is -2.43. The standard InChI is InChI=1S/C21H24BrN3O4/c1-4-13(3)23-19(26)21(28)17-12-14(22)6-11-18(17)24-20(27)25(21)15-7-9-16(10-8-15)29-5-2/h6-13,28H,4-5H2,1-3H3,(H,23,26)(H,24,27)/t13-,21-/m1/s1. The molecule has 2 aromatic rings. The highest BCUT2D eigenvalue weighted by atomic mass is 79.9. The maximum absolute atomic E-state index is 13.2. The van der Waals surface area contributed by atoms with Gasteiger partial charge < -0.3 is 20.5 Å². The summed E-state index contributed by atoms with van der Waals surface area (Å²) in [5.41, 5.74) is -1.21. The lowest BCUT2D eigenvalue weighted by Crippen LogP contribution is -2.63. The van der Waals surface area contributed by atoms with E-state index in [9.17, 15) is 14.7 Å². The van der Waals surface area contributed by atoms with E-state index in [-0.39, 0.29) is 11.6 Å². The van der Waals surface area contributed by atoms with Crippen molar-refractivity contribution in [3.05, 3.63) is 52.5 Å². The van der Waals surface area contributed by atoms with Gasteiger partial charge in [-0.1, -0.05) is 22.9 Å². The third-order valence-corrected chi connectivity index (χ3v) is 5.33. The van der Waals surface area contributed by atoms with E-state index in [0.717, 1.165) is 4.90 Å². The predicted octanol–water partition coefficient (Wildman–Crippen LogP) is 3.96. The molecule has 7 nitrogen and oxygen atoms in total. The van der Waals surface area contributed by atoms with Gasteiger partial charge in [-0.15, -0.1) is 0 Å². The molecule has 3 rings (SSSR count). The molecule has 3 amide bonds. The minimum absolute atomic E-state index is 0.172. The summed E-state index contributed by atoms with van der Waals surface area (Å²) in [4.78, 5) is 27.3. The summed E-state index contributed by atoms with van der Waals surface area (Å²) in [6.07, 6.45) is 0.683. The summed E-state index contributed by atoms with van der Waals surface area (Å²) in [5, 5.41) is 17.3. The second-order valence-corrected chi connectivity index (χ2v) is 7.75. The van der Waals surface area contributed by atoms with Crippen molar-refractivity contribution in [3.63, 3.8) is 0 Å². The zero-order chi connectivity index (χ0) is 21.2. The minimum atomic E-state index is -2.22. The SMILES string of the molecule is CCOc1ccc(N2C(=O)Nc3ccc(Br)cc3[C@@]2(O)C(=O)N[C@H](C)CC)cc1. The van der Waals surface area contributed by atoms with Crippen LogP contribution in [0.3, 0.4) is 0 Å². The molecule has 154 valence electrons. The first-order valence-electron chi connectivity index (χ1n) is 9.48. The summed E-state index contributed by atoms with van der Waals surface area (Å²) in [7, 11) is 0. The molecule has 1 aliphatic rings. The fraction of sp³-hybridized carbons (Fsp3) is 0.333. The van der Waals surface area contributed by atoms with Gasteiger partial charge >= 0.3 is 6.03 Å². The number of benzene rings is 2. The maximum atomic E-state index is 13.2. The number of aliphatic hydroxyl groups is 1. The van der Waals surface area contributed by atoms with Crippen LogP contribution in [0.4, 0.5) is 16.2 Å². The largest absolute Gasteiger partial charge is 0.494 e. The van der Waals surface area contributed by atoms with E-state index >= 15 is 0 Å². The Morgan fingerprint density at radius 1 is 1.28 bits per heavy atom. The number of anilines is 2. The molecule has 0 aliphatic carbocycles. The molecule has 1 heterocycles. The van der Waals surface area contributed by atoms with Gasteiger partial charge in [0.25, 0.3) is 11.6 Å². The number of hydrogen-bond donors (Lipinski definition) is 3. The normalized spacial score (nSPS) is 19.2. The number of nitrogens with zero attached hydrogens (tertiary/aromatic N) is 1. The van der Waals surface area contributed by atoms with Crippen LogP contribution in [0.5, 0.6) is 5.75 Å². The van der Waals surface area contributed by atoms with Gasteiger partial charge in [0.05, 0.1) is 12.3 Å². The van der Waals surface area contributed by atoms with E-state index in [1.165, 1.54) is 0 Å². The van der Waals surface area contributed by atoms with E-state index < -0.39 is 17.7 Å². The Balaban J connectivity index is 2.14. The molecule has 0 aromatic heterocycles. The molecule has 0 bridgehead atoms. The van der Waals surface area contributed by atoms with Gasteiger partial charge in [0.2, 0.25) is 0 Å². The predicted molar refractivity (Wildman–Crippen MR) is 115 cm³/mol.